The number of nitrogen functional groups attached to an aromatic ring is 1. The lowest BCUT2D eigenvalue weighted by atomic mass is 10.0. The summed E-state index contributed by atoms with van der Waals surface area (Å²) in [6.45, 7) is 6.26. The molecular weight excluding hydrogens is 443 g/mol. The first-order valence-corrected chi connectivity index (χ1v) is 12.0. The quantitative estimate of drug-likeness (QED) is 0.249. The molecule has 0 spiro atoms. The third-order valence-electron chi connectivity index (χ3n) is 5.29. The highest BCUT2D eigenvalue weighted by atomic mass is 35.5. The smallest absolute Gasteiger partial charge is 0.166 e. The molecule has 1 heterocycles. The van der Waals surface area contributed by atoms with Gasteiger partial charge in [0.1, 0.15) is 6.10 Å². The molecule has 1 aromatic heterocycles. The first kappa shape index (κ1) is 26.0. The summed E-state index contributed by atoms with van der Waals surface area (Å²) in [5.74, 6) is 0.715. The topological polar surface area (TPSA) is 86.5 Å². The first-order chi connectivity index (χ1) is 15.4. The second-order valence-corrected chi connectivity index (χ2v) is 8.66. The highest BCUT2D eigenvalue weighted by Gasteiger charge is 2.17. The van der Waals surface area contributed by atoms with Crippen molar-refractivity contribution in [2.75, 3.05) is 5.73 Å². The minimum absolute atomic E-state index is 0.278. The normalized spacial score (nSPS) is 14.0. The van der Waals surface area contributed by atoms with Crippen molar-refractivity contribution in [3.8, 4) is 5.75 Å². The maximum absolute atomic E-state index is 6.32. The van der Waals surface area contributed by atoms with Gasteiger partial charge in [0.2, 0.25) is 0 Å². The predicted molar refractivity (Wildman–Crippen MR) is 138 cm³/mol. The molecule has 32 heavy (non-hydrogen) atoms. The number of nitrogens with two attached hydrogens (primary N) is 2. The maximum Gasteiger partial charge on any atom is 0.166 e. The van der Waals surface area contributed by atoms with Crippen LogP contribution < -0.4 is 16.2 Å². The molecule has 0 fully saturated rings. The van der Waals surface area contributed by atoms with E-state index in [1.807, 2.05) is 19.2 Å². The Hall–Kier alpha value is -2.24. The summed E-state index contributed by atoms with van der Waals surface area (Å²) in [4.78, 5) is 9.10. The largest absolute Gasteiger partial charge is 0.482 e. The average molecular weight is 477 g/mol. The molecule has 5 nitrogen and oxygen atoms in total. The van der Waals surface area contributed by atoms with Gasteiger partial charge in [0.05, 0.1) is 0 Å². The summed E-state index contributed by atoms with van der Waals surface area (Å²) in [5, 5.41) is 1.07. The molecule has 0 aliphatic rings. The van der Waals surface area contributed by atoms with Crippen LogP contribution in [0.15, 0.2) is 41.7 Å². The zero-order valence-electron chi connectivity index (χ0n) is 19.2. The zero-order valence-corrected chi connectivity index (χ0v) is 20.7. The molecule has 1 aromatic carbocycles. The van der Waals surface area contributed by atoms with Gasteiger partial charge in [-0.1, -0.05) is 68.8 Å². The molecule has 0 aliphatic carbocycles. The highest BCUT2D eigenvalue weighted by Crippen LogP contribution is 2.35. The van der Waals surface area contributed by atoms with Gasteiger partial charge in [-0.05, 0) is 38.0 Å². The molecule has 0 saturated heterocycles. The molecule has 174 valence electrons. The molecule has 2 rings (SSSR count). The summed E-state index contributed by atoms with van der Waals surface area (Å²) in [7, 11) is 0. The van der Waals surface area contributed by atoms with Gasteiger partial charge in [0.15, 0.2) is 11.6 Å². The third-order valence-corrected chi connectivity index (χ3v) is 5.95. The standard InChI is InChI=1S/C25H34Cl2N4O/c1-4-6-7-10-20(9-5-2)30-16-19(14-28)18-13-23(25(29)31-15-18)32-17(3)24-21(26)11-8-12-22(24)27/h8,11-17,20H,4-7,9-10,28H2,1-3H3,(H2,29,31). The Morgan fingerprint density at radius 2 is 1.88 bits per heavy atom. The molecule has 2 unspecified atom stereocenters. The van der Waals surface area contributed by atoms with Crippen molar-refractivity contribution in [3.05, 3.63) is 57.8 Å². The summed E-state index contributed by atoms with van der Waals surface area (Å²) < 4.78 is 6.09. The van der Waals surface area contributed by atoms with E-state index in [1.165, 1.54) is 25.5 Å². The van der Waals surface area contributed by atoms with E-state index >= 15 is 0 Å². The molecule has 2 aromatic rings. The number of nitrogens with zero attached hydrogens (tertiary/aromatic N) is 2. The van der Waals surface area contributed by atoms with Crippen molar-refractivity contribution in [1.29, 1.82) is 0 Å². The van der Waals surface area contributed by atoms with Gasteiger partial charge in [-0.15, -0.1) is 0 Å². The molecule has 7 heteroatoms. The van der Waals surface area contributed by atoms with E-state index in [2.05, 4.69) is 18.8 Å². The van der Waals surface area contributed by atoms with Gasteiger partial charge in [-0.3, -0.25) is 4.99 Å². The number of pyridine rings is 1. The van der Waals surface area contributed by atoms with E-state index in [9.17, 15) is 0 Å². The Balaban J connectivity index is 2.22. The molecule has 0 aliphatic heterocycles. The molecule has 2 atom stereocenters. The van der Waals surface area contributed by atoms with Crippen molar-refractivity contribution in [2.24, 2.45) is 10.7 Å². The molecule has 0 saturated carbocycles. The number of anilines is 1. The number of hydrogen-bond acceptors (Lipinski definition) is 5. The van der Waals surface area contributed by atoms with Crippen LogP contribution in [-0.2, 0) is 0 Å². The van der Waals surface area contributed by atoms with E-state index in [-0.39, 0.29) is 5.82 Å². The fourth-order valence-electron chi connectivity index (χ4n) is 3.51. The second-order valence-electron chi connectivity index (χ2n) is 7.84. The van der Waals surface area contributed by atoms with Crippen LogP contribution in [0.3, 0.4) is 0 Å². The number of allylic oxidation sites excluding steroid dienone is 1. The molecule has 0 bridgehead atoms. The molecule has 0 radical (unpaired) electrons. The van der Waals surface area contributed by atoms with Crippen LogP contribution in [0.2, 0.25) is 10.0 Å². The average Bonchev–Trinajstić information content (AvgIpc) is 2.76. The number of unbranched alkanes of at least 4 members (excludes halogenated alkanes) is 2. The number of rotatable bonds is 12. The Bertz CT molecular complexity index is 910. The lowest BCUT2D eigenvalue weighted by molar-refractivity contribution is 0.228. The highest BCUT2D eigenvalue weighted by molar-refractivity contribution is 6.36. The summed E-state index contributed by atoms with van der Waals surface area (Å²) >= 11 is 12.6. The predicted octanol–water partition coefficient (Wildman–Crippen LogP) is 7.23. The van der Waals surface area contributed by atoms with Crippen LogP contribution in [0.1, 0.15) is 76.5 Å². The number of halogens is 2. The second kappa shape index (κ2) is 13.3. The van der Waals surface area contributed by atoms with Gasteiger partial charge in [0, 0.05) is 51.4 Å². The maximum atomic E-state index is 6.32. The van der Waals surface area contributed by atoms with E-state index < -0.39 is 6.10 Å². The minimum Gasteiger partial charge on any atom is -0.482 e. The number of aliphatic imine (C=N–C) groups is 1. The van der Waals surface area contributed by atoms with Gasteiger partial charge in [-0.25, -0.2) is 4.98 Å². The van der Waals surface area contributed by atoms with Crippen molar-refractivity contribution in [2.45, 2.75) is 71.4 Å². The first-order valence-electron chi connectivity index (χ1n) is 11.2. The Morgan fingerprint density at radius 1 is 1.16 bits per heavy atom. The number of ether oxygens (including phenoxy) is 1. The minimum atomic E-state index is -0.415. The van der Waals surface area contributed by atoms with E-state index in [4.69, 9.17) is 44.4 Å². The summed E-state index contributed by atoms with van der Waals surface area (Å²) in [6.07, 6.45) is 11.5. The van der Waals surface area contributed by atoms with Gasteiger partial charge in [0.25, 0.3) is 0 Å². The Kier molecular flexibility index (Phi) is 10.8. The van der Waals surface area contributed by atoms with Crippen molar-refractivity contribution in [1.82, 2.24) is 4.98 Å². The van der Waals surface area contributed by atoms with E-state index in [1.54, 1.807) is 24.4 Å². The van der Waals surface area contributed by atoms with Crippen LogP contribution in [0.25, 0.3) is 5.57 Å². The Labute approximate surface area is 201 Å². The lowest BCUT2D eigenvalue weighted by Gasteiger charge is -2.19. The van der Waals surface area contributed by atoms with Crippen LogP contribution in [0, 0.1) is 0 Å². The van der Waals surface area contributed by atoms with Gasteiger partial charge >= 0.3 is 0 Å². The van der Waals surface area contributed by atoms with Gasteiger partial charge in [-0.2, -0.15) is 0 Å². The molecular formula is C25H34Cl2N4O. The zero-order chi connectivity index (χ0) is 23.5. The number of benzene rings is 1. The van der Waals surface area contributed by atoms with Crippen molar-refractivity contribution in [3.63, 3.8) is 0 Å². The number of hydrogen-bond donors (Lipinski definition) is 2. The van der Waals surface area contributed by atoms with Crippen LogP contribution in [0.4, 0.5) is 5.82 Å². The van der Waals surface area contributed by atoms with Crippen LogP contribution in [-0.4, -0.2) is 17.2 Å². The van der Waals surface area contributed by atoms with Gasteiger partial charge < -0.3 is 16.2 Å². The Morgan fingerprint density at radius 3 is 2.50 bits per heavy atom. The van der Waals surface area contributed by atoms with Crippen molar-refractivity contribution < 1.29 is 4.74 Å². The fourth-order valence-corrected chi connectivity index (χ4v) is 4.22. The van der Waals surface area contributed by atoms with E-state index in [0.717, 1.165) is 30.4 Å². The third kappa shape index (κ3) is 7.42. The van der Waals surface area contributed by atoms with Crippen LogP contribution in [0.5, 0.6) is 5.75 Å². The lowest BCUT2D eigenvalue weighted by Crippen LogP contribution is -2.08. The molecule has 0 amide bonds. The molecule has 4 N–H and O–H groups in total. The van der Waals surface area contributed by atoms with Crippen molar-refractivity contribution >= 4 is 40.8 Å². The summed E-state index contributed by atoms with van der Waals surface area (Å²) in [5.41, 5.74) is 14.2. The van der Waals surface area contributed by atoms with E-state index in [0.29, 0.717) is 27.4 Å². The van der Waals surface area contributed by atoms with Crippen LogP contribution >= 0.6 is 23.2 Å². The monoisotopic (exact) mass is 476 g/mol. The fraction of sp³-hybridized carbons (Fsp3) is 0.440. The number of aromatic nitrogens is 1. The summed E-state index contributed by atoms with van der Waals surface area (Å²) in [6, 6.07) is 7.46. The SMILES string of the molecule is CCCCCC(CCC)N=CC(=CN)c1cnc(N)c(OC(C)c2c(Cl)cccc2Cl)c1.